The van der Waals surface area contributed by atoms with Crippen LogP contribution in [-0.2, 0) is 9.59 Å². The average molecular weight is 320 g/mol. The van der Waals surface area contributed by atoms with Crippen LogP contribution in [0.15, 0.2) is 22.8 Å². The minimum Gasteiger partial charge on any atom is -0.478 e. The maximum atomic E-state index is 10.8. The monoisotopic (exact) mass is 320 g/mol. The molecule has 0 radical (unpaired) electrons. The summed E-state index contributed by atoms with van der Waals surface area (Å²) >= 11 is 0. The molecule has 0 spiro atoms. The van der Waals surface area contributed by atoms with Crippen LogP contribution < -0.4 is 0 Å². The molecule has 23 heavy (non-hydrogen) atoms. The molecule has 0 aromatic carbocycles. The summed E-state index contributed by atoms with van der Waals surface area (Å²) in [5.41, 5.74) is 2.02. The van der Waals surface area contributed by atoms with Crippen molar-refractivity contribution >= 4 is 11.9 Å². The summed E-state index contributed by atoms with van der Waals surface area (Å²) < 4.78 is 0. The van der Waals surface area contributed by atoms with E-state index in [-0.39, 0.29) is 23.0 Å². The summed E-state index contributed by atoms with van der Waals surface area (Å²) in [5.74, 6) is -2.11. The largest absolute Gasteiger partial charge is 0.478 e. The van der Waals surface area contributed by atoms with Gasteiger partial charge in [0.15, 0.2) is 0 Å². The van der Waals surface area contributed by atoms with E-state index in [1.54, 1.807) is 5.57 Å². The number of hydrogen-bond acceptors (Lipinski definition) is 2. The zero-order chi connectivity index (χ0) is 16.8. The van der Waals surface area contributed by atoms with Gasteiger partial charge in [0.05, 0.1) is 11.1 Å². The van der Waals surface area contributed by atoms with Gasteiger partial charge < -0.3 is 10.2 Å². The highest BCUT2D eigenvalue weighted by Gasteiger charge is 2.44. The molecule has 0 aromatic heterocycles. The van der Waals surface area contributed by atoms with Gasteiger partial charge in [0.1, 0.15) is 0 Å². The van der Waals surface area contributed by atoms with Gasteiger partial charge in [-0.1, -0.05) is 37.8 Å². The van der Waals surface area contributed by atoms with Gasteiger partial charge in [-0.3, -0.25) is 0 Å². The van der Waals surface area contributed by atoms with Crippen molar-refractivity contribution in [2.75, 3.05) is 0 Å². The molecule has 4 nitrogen and oxygen atoms in total. The topological polar surface area (TPSA) is 74.6 Å². The Kier molecular flexibility index (Phi) is 6.43. The van der Waals surface area contributed by atoms with Crippen LogP contribution >= 0.6 is 0 Å². The Bertz CT molecular complexity index is 479. The number of carboxylic acid groups (broad SMARTS) is 2. The fourth-order valence-corrected chi connectivity index (χ4v) is 3.68. The number of rotatable bonds is 7. The zero-order valence-electron chi connectivity index (χ0n) is 14.0. The van der Waals surface area contributed by atoms with Crippen LogP contribution in [0.25, 0.3) is 0 Å². The molecule has 2 bridgehead atoms. The first-order valence-electron chi connectivity index (χ1n) is 8.93. The predicted octanol–water partition coefficient (Wildman–Crippen LogP) is 4.56. The average Bonchev–Trinajstić information content (AvgIpc) is 3.10. The molecule has 0 saturated heterocycles. The number of allylic oxidation sites excluding steroid dienone is 2. The summed E-state index contributed by atoms with van der Waals surface area (Å²) in [7, 11) is 0. The highest BCUT2D eigenvalue weighted by atomic mass is 16.4. The SMILES string of the molecule is CCCCCCC=C1CC1.O=C(O)C1=C(C(=O)O)C2CCC1C2. The Balaban J connectivity index is 0.000000174. The lowest BCUT2D eigenvalue weighted by Crippen LogP contribution is -2.17. The van der Waals surface area contributed by atoms with Gasteiger partial charge >= 0.3 is 11.9 Å². The van der Waals surface area contributed by atoms with Crippen molar-refractivity contribution in [3.63, 3.8) is 0 Å². The first-order chi connectivity index (χ1) is 11.0. The summed E-state index contributed by atoms with van der Waals surface area (Å²) in [6, 6.07) is 0. The highest BCUT2D eigenvalue weighted by Crippen LogP contribution is 2.48. The van der Waals surface area contributed by atoms with Crippen LogP contribution in [0.2, 0.25) is 0 Å². The Morgan fingerprint density at radius 1 is 1.00 bits per heavy atom. The summed E-state index contributed by atoms with van der Waals surface area (Å²) in [4.78, 5) is 21.6. The number of carboxylic acids is 2. The predicted molar refractivity (Wildman–Crippen MR) is 89.2 cm³/mol. The first kappa shape index (κ1) is 17.8. The third-order valence-corrected chi connectivity index (χ3v) is 5.03. The van der Waals surface area contributed by atoms with Crippen molar-refractivity contribution in [2.45, 2.75) is 71.1 Å². The molecular formula is C19H28O4. The highest BCUT2D eigenvalue weighted by molar-refractivity contribution is 6.01. The molecule has 3 aliphatic carbocycles. The standard InChI is InChI=1S/C10H18.C9H10O4/c1-2-3-4-5-6-7-10-8-9-10;10-8(11)6-4-1-2-5(3-4)7(6)9(12)13/h7H,2-6,8-9H2,1H3;4-5H,1-3H2,(H,10,11)(H,12,13). The van der Waals surface area contributed by atoms with Gasteiger partial charge in [-0.25, -0.2) is 9.59 Å². The Morgan fingerprint density at radius 3 is 2.00 bits per heavy atom. The second-order valence-electron chi connectivity index (χ2n) is 6.86. The molecule has 0 aliphatic heterocycles. The van der Waals surface area contributed by atoms with Gasteiger partial charge in [0.25, 0.3) is 0 Å². The lowest BCUT2D eigenvalue weighted by Gasteiger charge is -2.12. The smallest absolute Gasteiger partial charge is 0.332 e. The molecular weight excluding hydrogens is 292 g/mol. The summed E-state index contributed by atoms with van der Waals surface area (Å²) in [5, 5.41) is 17.7. The molecule has 2 atom stereocenters. The van der Waals surface area contributed by atoms with Gasteiger partial charge in [0.2, 0.25) is 0 Å². The van der Waals surface area contributed by atoms with Crippen LogP contribution in [0.1, 0.15) is 71.1 Å². The Labute approximate surface area is 138 Å². The zero-order valence-corrected chi connectivity index (χ0v) is 14.0. The summed E-state index contributed by atoms with van der Waals surface area (Å²) in [6.07, 6.45) is 14.6. The molecule has 3 aliphatic rings. The van der Waals surface area contributed by atoms with E-state index >= 15 is 0 Å². The number of aliphatic carboxylic acids is 2. The maximum absolute atomic E-state index is 10.8. The molecule has 0 amide bonds. The van der Waals surface area contributed by atoms with Gasteiger partial charge in [-0.2, -0.15) is 0 Å². The molecule has 0 heterocycles. The molecule has 2 unspecified atom stereocenters. The quantitative estimate of drug-likeness (QED) is 0.532. The van der Waals surface area contributed by atoms with Gasteiger partial charge in [0, 0.05) is 0 Å². The van der Waals surface area contributed by atoms with Crippen LogP contribution in [-0.4, -0.2) is 22.2 Å². The third kappa shape index (κ3) is 4.95. The molecule has 2 saturated carbocycles. The van der Waals surface area contributed by atoms with E-state index in [0.717, 1.165) is 19.3 Å². The van der Waals surface area contributed by atoms with E-state index in [2.05, 4.69) is 13.0 Å². The first-order valence-corrected chi connectivity index (χ1v) is 8.93. The van der Waals surface area contributed by atoms with E-state index in [1.807, 2.05) is 0 Å². The third-order valence-electron chi connectivity index (χ3n) is 5.03. The van der Waals surface area contributed by atoms with E-state index < -0.39 is 11.9 Å². The minimum absolute atomic E-state index is 0.00593. The van der Waals surface area contributed by atoms with Crippen molar-refractivity contribution in [1.82, 2.24) is 0 Å². The van der Waals surface area contributed by atoms with Gasteiger partial charge in [-0.15, -0.1) is 0 Å². The van der Waals surface area contributed by atoms with E-state index in [9.17, 15) is 9.59 Å². The van der Waals surface area contributed by atoms with Crippen LogP contribution in [0, 0.1) is 11.8 Å². The molecule has 4 heteroatoms. The molecule has 0 aromatic rings. The van der Waals surface area contributed by atoms with E-state index in [0.29, 0.717) is 0 Å². The number of fused-ring (bicyclic) bond motifs is 2. The molecule has 3 rings (SSSR count). The number of carbonyl (C=O) groups is 2. The van der Waals surface area contributed by atoms with Crippen molar-refractivity contribution in [3.05, 3.63) is 22.8 Å². The van der Waals surface area contributed by atoms with Crippen LogP contribution in [0.3, 0.4) is 0 Å². The minimum atomic E-state index is -1.05. The van der Waals surface area contributed by atoms with Crippen LogP contribution in [0.4, 0.5) is 0 Å². The van der Waals surface area contributed by atoms with E-state index in [4.69, 9.17) is 10.2 Å². The molecule has 128 valence electrons. The number of hydrogen-bond donors (Lipinski definition) is 2. The normalized spacial score (nSPS) is 24.3. The summed E-state index contributed by atoms with van der Waals surface area (Å²) in [6.45, 7) is 2.26. The van der Waals surface area contributed by atoms with Gasteiger partial charge in [-0.05, 0) is 56.8 Å². The lowest BCUT2D eigenvalue weighted by atomic mass is 9.92. The second-order valence-corrected chi connectivity index (χ2v) is 6.86. The van der Waals surface area contributed by atoms with Crippen molar-refractivity contribution in [2.24, 2.45) is 11.8 Å². The second kappa shape index (κ2) is 8.32. The maximum Gasteiger partial charge on any atom is 0.332 e. The fraction of sp³-hybridized carbons (Fsp3) is 0.684. The molecule has 2 N–H and O–H groups in total. The fourth-order valence-electron chi connectivity index (χ4n) is 3.68. The van der Waals surface area contributed by atoms with E-state index in [1.165, 1.54) is 44.9 Å². The Morgan fingerprint density at radius 2 is 1.57 bits per heavy atom. The lowest BCUT2D eigenvalue weighted by molar-refractivity contribution is -0.136. The van der Waals surface area contributed by atoms with Crippen molar-refractivity contribution in [3.8, 4) is 0 Å². The number of unbranched alkanes of at least 4 members (excludes halogenated alkanes) is 4. The van der Waals surface area contributed by atoms with Crippen molar-refractivity contribution < 1.29 is 19.8 Å². The molecule has 2 fully saturated rings. The van der Waals surface area contributed by atoms with Crippen LogP contribution in [0.5, 0.6) is 0 Å². The Hall–Kier alpha value is -1.58. The van der Waals surface area contributed by atoms with Crippen molar-refractivity contribution in [1.29, 1.82) is 0 Å².